The highest BCUT2D eigenvalue weighted by atomic mass is 19.4. The minimum Gasteiger partial charge on any atom is -0.476 e. The first-order valence-corrected chi connectivity index (χ1v) is 8.41. The summed E-state index contributed by atoms with van der Waals surface area (Å²) in [6.45, 7) is -0.268. The molecule has 1 aromatic heterocycles. The molecule has 2 amide bonds. The van der Waals surface area contributed by atoms with Gasteiger partial charge in [-0.2, -0.15) is 13.2 Å². The van der Waals surface area contributed by atoms with E-state index in [9.17, 15) is 22.8 Å². The Morgan fingerprint density at radius 2 is 1.54 bits per heavy atom. The van der Waals surface area contributed by atoms with Crippen molar-refractivity contribution in [2.75, 3.05) is 13.2 Å². The first kappa shape index (κ1) is 18.0. The van der Waals surface area contributed by atoms with Gasteiger partial charge in [-0.3, -0.25) is 14.5 Å². The summed E-state index contributed by atoms with van der Waals surface area (Å²) in [4.78, 5) is 29.7. The lowest BCUT2D eigenvalue weighted by atomic mass is 10.1. The van der Waals surface area contributed by atoms with E-state index in [2.05, 4.69) is 4.98 Å². The molecule has 8 heteroatoms. The molecular formula is C20H13F3N2O3. The highest BCUT2D eigenvalue weighted by molar-refractivity contribution is 6.21. The summed E-state index contributed by atoms with van der Waals surface area (Å²) in [5.41, 5.74) is -0.103. The number of para-hydroxylation sites is 1. The second kappa shape index (κ2) is 6.63. The topological polar surface area (TPSA) is 59.5 Å². The van der Waals surface area contributed by atoms with E-state index in [1.54, 1.807) is 30.3 Å². The van der Waals surface area contributed by atoms with E-state index in [4.69, 9.17) is 4.74 Å². The molecule has 142 valence electrons. The minimum atomic E-state index is -4.57. The van der Waals surface area contributed by atoms with Gasteiger partial charge < -0.3 is 4.74 Å². The van der Waals surface area contributed by atoms with E-state index >= 15 is 0 Å². The fraction of sp³-hybridized carbons (Fsp3) is 0.150. The van der Waals surface area contributed by atoms with Gasteiger partial charge in [0.05, 0.1) is 28.8 Å². The van der Waals surface area contributed by atoms with E-state index < -0.39 is 23.6 Å². The van der Waals surface area contributed by atoms with Crippen LogP contribution in [0.3, 0.4) is 0 Å². The third-order valence-electron chi connectivity index (χ3n) is 4.44. The highest BCUT2D eigenvalue weighted by Gasteiger charge is 2.35. The van der Waals surface area contributed by atoms with Crippen molar-refractivity contribution >= 4 is 22.7 Å². The Morgan fingerprint density at radius 1 is 0.929 bits per heavy atom. The summed E-state index contributed by atoms with van der Waals surface area (Å²) < 4.78 is 45.4. The van der Waals surface area contributed by atoms with Crippen LogP contribution in [0.4, 0.5) is 13.2 Å². The van der Waals surface area contributed by atoms with Crippen LogP contribution in [0.25, 0.3) is 10.9 Å². The van der Waals surface area contributed by atoms with Crippen LogP contribution in [0.1, 0.15) is 26.3 Å². The number of pyridine rings is 1. The molecule has 0 atom stereocenters. The molecule has 2 aromatic carbocycles. The van der Waals surface area contributed by atoms with Crippen molar-refractivity contribution in [1.82, 2.24) is 9.88 Å². The van der Waals surface area contributed by atoms with Crippen molar-refractivity contribution in [2.45, 2.75) is 6.18 Å². The number of hydrogen-bond acceptors (Lipinski definition) is 4. The molecule has 4 rings (SSSR count). The number of rotatable bonds is 4. The number of amides is 2. The summed E-state index contributed by atoms with van der Waals surface area (Å²) in [6.07, 6.45) is -4.57. The van der Waals surface area contributed by atoms with Crippen LogP contribution < -0.4 is 4.74 Å². The Morgan fingerprint density at radius 3 is 2.18 bits per heavy atom. The van der Waals surface area contributed by atoms with Crippen LogP contribution in [0.5, 0.6) is 5.88 Å². The summed E-state index contributed by atoms with van der Waals surface area (Å²) in [5.74, 6) is -1.12. The maximum atomic E-state index is 13.3. The predicted octanol–water partition coefficient (Wildman–Crippen LogP) is 3.93. The van der Waals surface area contributed by atoms with E-state index in [-0.39, 0.29) is 29.9 Å². The van der Waals surface area contributed by atoms with Crippen LogP contribution in [0.15, 0.2) is 54.6 Å². The molecule has 0 spiro atoms. The second-order valence-corrected chi connectivity index (χ2v) is 6.18. The summed E-state index contributed by atoms with van der Waals surface area (Å²) >= 11 is 0. The number of ether oxygens (including phenoxy) is 1. The van der Waals surface area contributed by atoms with Crippen molar-refractivity contribution in [3.05, 3.63) is 71.3 Å². The number of imide groups is 1. The van der Waals surface area contributed by atoms with E-state index in [1.807, 2.05) is 0 Å². The van der Waals surface area contributed by atoms with Crippen molar-refractivity contribution in [3.63, 3.8) is 0 Å². The standard InChI is InChI=1S/C20H13F3N2O3/c21-20(22,23)15-11-17(24-16-8-4-3-7-14(15)16)28-10-9-25-18(26)12-5-1-2-6-13(12)19(25)27/h1-8,11H,9-10H2. The molecular weight excluding hydrogens is 373 g/mol. The number of benzene rings is 2. The average molecular weight is 386 g/mol. The minimum absolute atomic E-state index is 0.0253. The summed E-state index contributed by atoms with van der Waals surface area (Å²) in [6, 6.07) is 13.1. The zero-order chi connectivity index (χ0) is 19.9. The second-order valence-electron chi connectivity index (χ2n) is 6.18. The Kier molecular flexibility index (Phi) is 4.26. The summed E-state index contributed by atoms with van der Waals surface area (Å²) in [5, 5.41) is -0.0253. The Hall–Kier alpha value is -3.42. The molecule has 0 unspecified atom stereocenters. The third-order valence-corrected chi connectivity index (χ3v) is 4.44. The normalized spacial score (nSPS) is 13.9. The van der Waals surface area contributed by atoms with Crippen molar-refractivity contribution in [3.8, 4) is 5.88 Å². The molecule has 1 aliphatic heterocycles. The molecule has 0 saturated heterocycles. The van der Waals surface area contributed by atoms with E-state index in [0.717, 1.165) is 11.0 Å². The fourth-order valence-corrected chi connectivity index (χ4v) is 3.14. The molecule has 0 bridgehead atoms. The monoisotopic (exact) mass is 386 g/mol. The van der Waals surface area contributed by atoms with Gasteiger partial charge in [0, 0.05) is 11.5 Å². The van der Waals surface area contributed by atoms with Gasteiger partial charge in [0.1, 0.15) is 6.61 Å². The molecule has 2 heterocycles. The van der Waals surface area contributed by atoms with Gasteiger partial charge in [-0.1, -0.05) is 30.3 Å². The van der Waals surface area contributed by atoms with Gasteiger partial charge in [0.25, 0.3) is 11.8 Å². The lowest BCUT2D eigenvalue weighted by Gasteiger charge is -2.16. The first-order valence-electron chi connectivity index (χ1n) is 8.41. The SMILES string of the molecule is O=C1c2ccccc2C(=O)N1CCOc1cc(C(F)(F)F)c2ccccc2n1. The Labute approximate surface area is 157 Å². The number of carbonyl (C=O) groups is 2. The molecule has 28 heavy (non-hydrogen) atoms. The molecule has 5 nitrogen and oxygen atoms in total. The van der Waals surface area contributed by atoms with E-state index in [1.165, 1.54) is 18.2 Å². The average Bonchev–Trinajstić information content (AvgIpc) is 2.92. The number of alkyl halides is 3. The number of nitrogens with zero attached hydrogens (tertiary/aromatic N) is 2. The Bertz CT molecular complexity index is 1060. The smallest absolute Gasteiger partial charge is 0.417 e. The van der Waals surface area contributed by atoms with Crippen LogP contribution in [-0.4, -0.2) is 34.8 Å². The lowest BCUT2D eigenvalue weighted by Crippen LogP contribution is -2.33. The Balaban J connectivity index is 1.53. The lowest BCUT2D eigenvalue weighted by molar-refractivity contribution is -0.136. The molecule has 3 aromatic rings. The first-order chi connectivity index (χ1) is 13.4. The van der Waals surface area contributed by atoms with Gasteiger partial charge in [0.2, 0.25) is 5.88 Å². The molecule has 1 aliphatic rings. The molecule has 0 aliphatic carbocycles. The summed E-state index contributed by atoms with van der Waals surface area (Å²) in [7, 11) is 0. The maximum Gasteiger partial charge on any atom is 0.417 e. The maximum absolute atomic E-state index is 13.3. The number of carbonyl (C=O) groups excluding carboxylic acids is 2. The third kappa shape index (κ3) is 3.06. The highest BCUT2D eigenvalue weighted by Crippen LogP contribution is 2.36. The van der Waals surface area contributed by atoms with Crippen LogP contribution >= 0.6 is 0 Å². The van der Waals surface area contributed by atoms with Crippen LogP contribution in [-0.2, 0) is 6.18 Å². The van der Waals surface area contributed by atoms with E-state index in [0.29, 0.717) is 11.1 Å². The van der Waals surface area contributed by atoms with Gasteiger partial charge in [-0.15, -0.1) is 0 Å². The molecule has 0 radical (unpaired) electrons. The van der Waals surface area contributed by atoms with Crippen molar-refractivity contribution in [1.29, 1.82) is 0 Å². The number of fused-ring (bicyclic) bond motifs is 2. The number of hydrogen-bond donors (Lipinski definition) is 0. The van der Waals surface area contributed by atoms with Gasteiger partial charge >= 0.3 is 6.18 Å². The number of aromatic nitrogens is 1. The molecule has 0 N–H and O–H groups in total. The van der Waals surface area contributed by atoms with Crippen LogP contribution in [0.2, 0.25) is 0 Å². The van der Waals surface area contributed by atoms with Gasteiger partial charge in [0.15, 0.2) is 0 Å². The van der Waals surface area contributed by atoms with Crippen LogP contribution in [0, 0.1) is 0 Å². The molecule has 0 fully saturated rings. The fourth-order valence-electron chi connectivity index (χ4n) is 3.14. The van der Waals surface area contributed by atoms with Gasteiger partial charge in [-0.25, -0.2) is 4.98 Å². The zero-order valence-electron chi connectivity index (χ0n) is 14.4. The van der Waals surface area contributed by atoms with Gasteiger partial charge in [-0.05, 0) is 18.2 Å². The van der Waals surface area contributed by atoms with Crippen molar-refractivity contribution in [2.24, 2.45) is 0 Å². The number of halogens is 3. The zero-order valence-corrected chi connectivity index (χ0v) is 14.4. The molecule has 0 saturated carbocycles. The predicted molar refractivity (Wildman–Crippen MR) is 94.0 cm³/mol. The quantitative estimate of drug-likeness (QED) is 0.638. The van der Waals surface area contributed by atoms with Crippen molar-refractivity contribution < 1.29 is 27.5 Å². The largest absolute Gasteiger partial charge is 0.476 e.